The summed E-state index contributed by atoms with van der Waals surface area (Å²) in [7, 11) is 3.34. The molecule has 2 aromatic carbocycles. The van der Waals surface area contributed by atoms with Crippen molar-refractivity contribution in [3.63, 3.8) is 0 Å². The third kappa shape index (κ3) is 4.83. The van der Waals surface area contributed by atoms with Crippen LogP contribution >= 0.6 is 12.2 Å². The molecule has 0 radical (unpaired) electrons. The van der Waals surface area contributed by atoms with Crippen LogP contribution in [0.2, 0.25) is 0 Å². The van der Waals surface area contributed by atoms with E-state index in [1.807, 2.05) is 36.4 Å². The molecule has 8 heteroatoms. The second-order valence-corrected chi connectivity index (χ2v) is 7.58. The first-order valence-corrected chi connectivity index (χ1v) is 10.4. The summed E-state index contributed by atoms with van der Waals surface area (Å²) in [5.74, 6) is 2.34. The summed E-state index contributed by atoms with van der Waals surface area (Å²) in [5, 5.41) is 4.58. The molecular formula is C22H26N4O3S. The average Bonchev–Trinajstić information content (AvgIpc) is 3.13. The molecule has 0 unspecified atom stereocenters. The average molecular weight is 427 g/mol. The van der Waals surface area contributed by atoms with E-state index in [4.69, 9.17) is 26.1 Å². The molecule has 1 aromatic heterocycles. The van der Waals surface area contributed by atoms with Crippen LogP contribution in [0.1, 0.15) is 11.5 Å². The monoisotopic (exact) mass is 426 g/mol. The minimum absolute atomic E-state index is 0.413. The van der Waals surface area contributed by atoms with Crippen LogP contribution in [-0.4, -0.2) is 55.1 Å². The summed E-state index contributed by atoms with van der Waals surface area (Å²) in [4.78, 5) is 5.14. The summed E-state index contributed by atoms with van der Waals surface area (Å²) in [6.07, 6.45) is 0.603. The molecule has 1 fully saturated rings. The highest BCUT2D eigenvalue weighted by Crippen LogP contribution is 2.21. The molecule has 0 N–H and O–H groups in total. The number of benzene rings is 2. The maximum atomic E-state index is 5.72. The topological polar surface area (TPSA) is 55.9 Å². The molecule has 1 aliphatic rings. The van der Waals surface area contributed by atoms with E-state index in [9.17, 15) is 0 Å². The Kier molecular flexibility index (Phi) is 6.35. The molecule has 0 amide bonds. The van der Waals surface area contributed by atoms with Gasteiger partial charge in [0, 0.05) is 31.9 Å². The molecule has 1 aliphatic heterocycles. The van der Waals surface area contributed by atoms with Gasteiger partial charge in [0.05, 0.1) is 27.3 Å². The van der Waals surface area contributed by atoms with Crippen molar-refractivity contribution in [1.29, 1.82) is 0 Å². The van der Waals surface area contributed by atoms with Gasteiger partial charge in [-0.3, -0.25) is 4.90 Å². The third-order valence-corrected chi connectivity index (χ3v) is 5.60. The van der Waals surface area contributed by atoms with Gasteiger partial charge >= 0.3 is 0 Å². The van der Waals surface area contributed by atoms with Crippen molar-refractivity contribution in [2.24, 2.45) is 0 Å². The lowest BCUT2D eigenvalue weighted by atomic mass is 10.1. The third-order valence-electron chi connectivity index (χ3n) is 5.31. The predicted molar refractivity (Wildman–Crippen MR) is 118 cm³/mol. The standard InChI is InChI=1S/C22H26N4O3S/c1-27-19-7-3-17(4-8-19)15-21-23-26(22(30)29-21)16-24-11-13-25(14-12-24)18-5-9-20(28-2)10-6-18/h3-10H,11-16H2,1-2H3. The van der Waals surface area contributed by atoms with E-state index in [1.165, 1.54) is 5.69 Å². The van der Waals surface area contributed by atoms with E-state index in [-0.39, 0.29) is 0 Å². The van der Waals surface area contributed by atoms with Gasteiger partial charge in [0.1, 0.15) is 11.5 Å². The highest BCUT2D eigenvalue weighted by Gasteiger charge is 2.19. The van der Waals surface area contributed by atoms with Gasteiger partial charge in [0.2, 0.25) is 5.89 Å². The molecule has 4 rings (SSSR count). The van der Waals surface area contributed by atoms with Gasteiger partial charge < -0.3 is 18.8 Å². The molecule has 1 saturated heterocycles. The van der Waals surface area contributed by atoms with Gasteiger partial charge in [0.25, 0.3) is 4.84 Å². The van der Waals surface area contributed by atoms with Crippen LogP contribution in [0.5, 0.6) is 11.5 Å². The number of hydrogen-bond donors (Lipinski definition) is 0. The summed E-state index contributed by atoms with van der Waals surface area (Å²) >= 11 is 5.39. The van der Waals surface area contributed by atoms with Gasteiger partial charge in [0.15, 0.2) is 0 Å². The maximum Gasteiger partial charge on any atom is 0.288 e. The van der Waals surface area contributed by atoms with Crippen LogP contribution in [0.3, 0.4) is 0 Å². The van der Waals surface area contributed by atoms with Crippen molar-refractivity contribution in [2.45, 2.75) is 13.1 Å². The zero-order chi connectivity index (χ0) is 20.9. The number of piperazine rings is 1. The molecule has 158 valence electrons. The minimum Gasteiger partial charge on any atom is -0.497 e. The van der Waals surface area contributed by atoms with Crippen LogP contribution in [-0.2, 0) is 13.1 Å². The second-order valence-electron chi connectivity index (χ2n) is 7.23. The number of aromatic nitrogens is 2. The maximum absolute atomic E-state index is 5.72. The Morgan fingerprint density at radius 1 is 0.900 bits per heavy atom. The lowest BCUT2D eigenvalue weighted by molar-refractivity contribution is 0.192. The lowest BCUT2D eigenvalue weighted by Gasteiger charge is -2.35. The molecule has 30 heavy (non-hydrogen) atoms. The normalized spacial score (nSPS) is 14.7. The van der Waals surface area contributed by atoms with Crippen molar-refractivity contribution in [2.75, 3.05) is 45.3 Å². The number of nitrogens with zero attached hydrogens (tertiary/aromatic N) is 4. The zero-order valence-corrected chi connectivity index (χ0v) is 18.1. The Bertz CT molecular complexity index is 1010. The first-order valence-electron chi connectivity index (χ1n) is 9.96. The van der Waals surface area contributed by atoms with Gasteiger partial charge in [-0.1, -0.05) is 12.1 Å². The van der Waals surface area contributed by atoms with Crippen LogP contribution in [0.25, 0.3) is 0 Å². The van der Waals surface area contributed by atoms with E-state index in [0.717, 1.165) is 43.2 Å². The van der Waals surface area contributed by atoms with Crippen LogP contribution in [0.4, 0.5) is 5.69 Å². The number of hydrogen-bond acceptors (Lipinski definition) is 7. The summed E-state index contributed by atoms with van der Waals surface area (Å²) in [6.45, 7) is 4.43. The van der Waals surface area contributed by atoms with Crippen molar-refractivity contribution in [3.05, 3.63) is 64.8 Å². The van der Waals surface area contributed by atoms with E-state index in [0.29, 0.717) is 23.8 Å². The SMILES string of the molecule is COc1ccc(Cc2nn(CN3CCN(c4ccc(OC)cc4)CC3)c(=S)o2)cc1. The van der Waals surface area contributed by atoms with Gasteiger partial charge in [-0.15, -0.1) is 5.10 Å². The Morgan fingerprint density at radius 2 is 1.50 bits per heavy atom. The number of methoxy groups -OCH3 is 2. The molecule has 0 atom stereocenters. The Balaban J connectivity index is 1.33. The molecule has 0 spiro atoms. The fraction of sp³-hybridized carbons (Fsp3) is 0.364. The van der Waals surface area contributed by atoms with E-state index >= 15 is 0 Å². The Morgan fingerprint density at radius 3 is 2.10 bits per heavy atom. The summed E-state index contributed by atoms with van der Waals surface area (Å²) in [5.41, 5.74) is 2.32. The molecule has 2 heterocycles. The van der Waals surface area contributed by atoms with E-state index in [2.05, 4.69) is 27.0 Å². The quantitative estimate of drug-likeness (QED) is 0.535. The molecule has 0 saturated carbocycles. The Labute approximate surface area is 181 Å². The van der Waals surface area contributed by atoms with Crippen molar-refractivity contribution < 1.29 is 13.9 Å². The molecule has 0 aliphatic carbocycles. The van der Waals surface area contributed by atoms with Crippen molar-refractivity contribution in [3.8, 4) is 11.5 Å². The smallest absolute Gasteiger partial charge is 0.288 e. The summed E-state index contributed by atoms with van der Waals surface area (Å²) < 4.78 is 17.9. The number of rotatable bonds is 7. The van der Waals surface area contributed by atoms with E-state index in [1.54, 1.807) is 18.9 Å². The second kappa shape index (κ2) is 9.32. The number of anilines is 1. The molecule has 3 aromatic rings. The Hall–Kier alpha value is -2.84. The molecule has 7 nitrogen and oxygen atoms in total. The van der Waals surface area contributed by atoms with Crippen LogP contribution in [0.15, 0.2) is 52.9 Å². The fourth-order valence-corrected chi connectivity index (χ4v) is 3.75. The van der Waals surface area contributed by atoms with Gasteiger partial charge in [-0.25, -0.2) is 4.68 Å². The van der Waals surface area contributed by atoms with Crippen molar-refractivity contribution in [1.82, 2.24) is 14.7 Å². The zero-order valence-electron chi connectivity index (χ0n) is 17.3. The van der Waals surface area contributed by atoms with Gasteiger partial charge in [-0.05, 0) is 54.2 Å². The minimum atomic E-state index is 0.413. The lowest BCUT2D eigenvalue weighted by Crippen LogP contribution is -2.46. The fourth-order valence-electron chi connectivity index (χ4n) is 3.56. The largest absolute Gasteiger partial charge is 0.497 e. The first kappa shape index (κ1) is 20.4. The number of ether oxygens (including phenoxy) is 2. The van der Waals surface area contributed by atoms with Crippen LogP contribution in [0, 0.1) is 4.84 Å². The van der Waals surface area contributed by atoms with Crippen molar-refractivity contribution >= 4 is 17.9 Å². The highest BCUT2D eigenvalue weighted by atomic mass is 32.1. The molecule has 0 bridgehead atoms. The highest BCUT2D eigenvalue weighted by molar-refractivity contribution is 7.71. The summed E-state index contributed by atoms with van der Waals surface area (Å²) in [6, 6.07) is 16.1. The van der Waals surface area contributed by atoms with E-state index < -0.39 is 0 Å². The van der Waals surface area contributed by atoms with Gasteiger partial charge in [-0.2, -0.15) is 0 Å². The molecular weight excluding hydrogens is 400 g/mol. The predicted octanol–water partition coefficient (Wildman–Crippen LogP) is 3.59. The van der Waals surface area contributed by atoms with Crippen LogP contribution < -0.4 is 14.4 Å². The first-order chi connectivity index (χ1) is 14.6.